The van der Waals surface area contributed by atoms with Gasteiger partial charge in [0.1, 0.15) is 0 Å². The van der Waals surface area contributed by atoms with Gasteiger partial charge in [-0.15, -0.1) is 0 Å². The second-order valence-corrected chi connectivity index (χ2v) is 6.27. The molecule has 0 aliphatic heterocycles. The predicted molar refractivity (Wildman–Crippen MR) is 78.3 cm³/mol. The van der Waals surface area contributed by atoms with Crippen LogP contribution < -0.4 is 0 Å². The maximum absolute atomic E-state index is 10.2. The molecule has 0 spiro atoms. The average Bonchev–Trinajstić information content (AvgIpc) is 2.42. The van der Waals surface area contributed by atoms with Crippen molar-refractivity contribution >= 4 is 26.7 Å². The number of hydrogen-bond donors (Lipinski definition) is 2. The third kappa shape index (κ3) is 1.49. The van der Waals surface area contributed by atoms with E-state index in [1.165, 1.54) is 10.9 Å². The van der Waals surface area contributed by atoms with E-state index < -0.39 is 12.2 Å². The zero-order chi connectivity index (χ0) is 13.1. The highest BCUT2D eigenvalue weighted by atomic mass is 79.9. The second-order valence-electron chi connectivity index (χ2n) is 5.35. The standard InChI is InChI=1S/C16H13BrO2/c17-9-2-4-10-8(7-9)1-3-11-12-5-6-13(14(10)11)16(19)15(12)18/h1-7,12-13,15-16,18-19H. The molecule has 2 N–H and O–H groups in total. The third-order valence-electron chi connectivity index (χ3n) is 4.36. The van der Waals surface area contributed by atoms with Gasteiger partial charge >= 0.3 is 0 Å². The first-order chi connectivity index (χ1) is 9.16. The number of aliphatic hydroxyl groups is 2. The van der Waals surface area contributed by atoms with Gasteiger partial charge in [0.15, 0.2) is 0 Å². The van der Waals surface area contributed by atoms with Crippen LogP contribution in [-0.2, 0) is 0 Å². The molecule has 2 nitrogen and oxygen atoms in total. The summed E-state index contributed by atoms with van der Waals surface area (Å²) in [6.07, 6.45) is 2.67. The highest BCUT2D eigenvalue weighted by Gasteiger charge is 2.43. The van der Waals surface area contributed by atoms with Gasteiger partial charge in [0.25, 0.3) is 0 Å². The van der Waals surface area contributed by atoms with Gasteiger partial charge < -0.3 is 10.2 Å². The first-order valence-corrected chi connectivity index (χ1v) is 7.22. The fourth-order valence-electron chi connectivity index (χ4n) is 3.45. The summed E-state index contributed by atoms with van der Waals surface area (Å²) >= 11 is 3.49. The maximum atomic E-state index is 10.2. The van der Waals surface area contributed by atoms with Crippen molar-refractivity contribution in [1.29, 1.82) is 0 Å². The van der Waals surface area contributed by atoms with E-state index in [1.807, 2.05) is 18.2 Å². The van der Waals surface area contributed by atoms with Gasteiger partial charge in [-0.1, -0.05) is 46.3 Å². The molecule has 2 aromatic carbocycles. The van der Waals surface area contributed by atoms with Gasteiger partial charge in [0, 0.05) is 16.3 Å². The van der Waals surface area contributed by atoms with Crippen molar-refractivity contribution in [2.45, 2.75) is 24.0 Å². The third-order valence-corrected chi connectivity index (χ3v) is 4.85. The lowest BCUT2D eigenvalue weighted by Gasteiger charge is -2.41. The van der Waals surface area contributed by atoms with E-state index in [-0.39, 0.29) is 11.8 Å². The largest absolute Gasteiger partial charge is 0.389 e. The number of halogens is 1. The average molecular weight is 317 g/mol. The molecule has 19 heavy (non-hydrogen) atoms. The van der Waals surface area contributed by atoms with E-state index in [4.69, 9.17) is 0 Å². The molecule has 0 heterocycles. The number of rotatable bonds is 0. The fourth-order valence-corrected chi connectivity index (χ4v) is 3.83. The van der Waals surface area contributed by atoms with E-state index in [2.05, 4.69) is 40.2 Å². The molecular formula is C16H13BrO2. The number of fused-ring (bicyclic) bond motifs is 2. The maximum Gasteiger partial charge on any atom is 0.0911 e. The van der Waals surface area contributed by atoms with E-state index >= 15 is 0 Å². The van der Waals surface area contributed by atoms with Gasteiger partial charge in [0.2, 0.25) is 0 Å². The van der Waals surface area contributed by atoms with Gasteiger partial charge in [-0.05, 0) is 34.0 Å². The molecule has 3 aliphatic carbocycles. The van der Waals surface area contributed by atoms with Crippen molar-refractivity contribution < 1.29 is 10.2 Å². The van der Waals surface area contributed by atoms with Crippen LogP contribution in [0.25, 0.3) is 10.8 Å². The summed E-state index contributed by atoms with van der Waals surface area (Å²) in [5.74, 6) is -0.178. The van der Waals surface area contributed by atoms with Gasteiger partial charge in [0.05, 0.1) is 12.2 Å². The Bertz CT molecular complexity index is 707. The lowest BCUT2D eigenvalue weighted by molar-refractivity contribution is -0.0100. The van der Waals surface area contributed by atoms with Crippen molar-refractivity contribution in [3.63, 3.8) is 0 Å². The Morgan fingerprint density at radius 3 is 2.47 bits per heavy atom. The molecular weight excluding hydrogens is 304 g/mol. The molecule has 0 saturated heterocycles. The number of hydrogen-bond acceptors (Lipinski definition) is 2. The highest BCUT2D eigenvalue weighted by Crippen LogP contribution is 2.48. The fraction of sp³-hybridized carbons (Fsp3) is 0.250. The Morgan fingerprint density at radius 1 is 0.895 bits per heavy atom. The topological polar surface area (TPSA) is 40.5 Å². The Hall–Kier alpha value is -1.16. The first kappa shape index (κ1) is 11.6. The summed E-state index contributed by atoms with van der Waals surface area (Å²) < 4.78 is 1.05. The zero-order valence-corrected chi connectivity index (χ0v) is 11.7. The van der Waals surface area contributed by atoms with Crippen LogP contribution in [0, 0.1) is 0 Å². The summed E-state index contributed by atoms with van der Waals surface area (Å²) in [5.41, 5.74) is 2.33. The van der Waals surface area contributed by atoms with Crippen molar-refractivity contribution in [3.05, 3.63) is 58.1 Å². The normalized spacial score (nSPS) is 31.7. The van der Waals surface area contributed by atoms with Crippen LogP contribution in [0.3, 0.4) is 0 Å². The lowest BCUT2D eigenvalue weighted by Crippen LogP contribution is -2.43. The summed E-state index contributed by atoms with van der Waals surface area (Å²) in [6, 6.07) is 10.4. The van der Waals surface area contributed by atoms with E-state index in [0.717, 1.165) is 15.4 Å². The van der Waals surface area contributed by atoms with Crippen LogP contribution in [0.15, 0.2) is 47.0 Å². The molecule has 0 amide bonds. The Morgan fingerprint density at radius 2 is 1.63 bits per heavy atom. The van der Waals surface area contributed by atoms with Crippen molar-refractivity contribution in [2.75, 3.05) is 0 Å². The Labute approximate surface area is 119 Å². The smallest absolute Gasteiger partial charge is 0.0911 e. The minimum Gasteiger partial charge on any atom is -0.389 e. The Balaban J connectivity index is 2.06. The highest BCUT2D eigenvalue weighted by molar-refractivity contribution is 9.10. The van der Waals surface area contributed by atoms with Crippen LogP contribution in [0.5, 0.6) is 0 Å². The number of aliphatic hydroxyl groups excluding tert-OH is 2. The predicted octanol–water partition coefficient (Wildman–Crippen LogP) is 3.07. The molecule has 0 radical (unpaired) electrons. The number of benzene rings is 2. The van der Waals surface area contributed by atoms with Crippen molar-refractivity contribution in [3.8, 4) is 0 Å². The SMILES string of the molecule is OC1C2C=CC(c3c2ccc2cc(Br)ccc32)C1O. The summed E-state index contributed by atoms with van der Waals surface area (Å²) in [7, 11) is 0. The van der Waals surface area contributed by atoms with Crippen LogP contribution in [0.4, 0.5) is 0 Å². The van der Waals surface area contributed by atoms with E-state index in [1.54, 1.807) is 0 Å². The first-order valence-electron chi connectivity index (χ1n) is 6.43. The molecule has 0 fully saturated rings. The molecule has 5 rings (SSSR count). The minimum absolute atomic E-state index is 0.0805. The zero-order valence-electron chi connectivity index (χ0n) is 10.1. The molecule has 4 unspecified atom stereocenters. The molecule has 0 saturated carbocycles. The molecule has 0 aromatic heterocycles. The summed E-state index contributed by atoms with van der Waals surface area (Å²) in [4.78, 5) is 0. The quantitative estimate of drug-likeness (QED) is 0.733. The van der Waals surface area contributed by atoms with Gasteiger partial charge in [-0.3, -0.25) is 0 Å². The summed E-state index contributed by atoms with van der Waals surface area (Å²) in [6.45, 7) is 0. The van der Waals surface area contributed by atoms with Crippen LogP contribution in [0.2, 0.25) is 0 Å². The van der Waals surface area contributed by atoms with Crippen LogP contribution >= 0.6 is 15.9 Å². The van der Waals surface area contributed by atoms with Gasteiger partial charge in [-0.25, -0.2) is 0 Å². The molecule has 2 aromatic rings. The summed E-state index contributed by atoms with van der Waals surface area (Å²) in [5, 5.41) is 22.7. The minimum atomic E-state index is -0.697. The molecule has 4 atom stereocenters. The van der Waals surface area contributed by atoms with E-state index in [9.17, 15) is 10.2 Å². The lowest BCUT2D eigenvalue weighted by atomic mass is 9.67. The molecule has 3 aliphatic rings. The molecule has 2 bridgehead atoms. The van der Waals surface area contributed by atoms with Gasteiger partial charge in [-0.2, -0.15) is 0 Å². The monoisotopic (exact) mass is 316 g/mol. The van der Waals surface area contributed by atoms with Crippen molar-refractivity contribution in [1.82, 2.24) is 0 Å². The van der Waals surface area contributed by atoms with Crippen molar-refractivity contribution in [2.24, 2.45) is 0 Å². The molecule has 3 heteroatoms. The van der Waals surface area contributed by atoms with Crippen LogP contribution in [0.1, 0.15) is 23.0 Å². The Kier molecular flexibility index (Phi) is 2.40. The van der Waals surface area contributed by atoms with Crippen LogP contribution in [-0.4, -0.2) is 22.4 Å². The second kappa shape index (κ2) is 3.92. The van der Waals surface area contributed by atoms with E-state index in [0.29, 0.717) is 0 Å². The molecule has 96 valence electrons.